The normalized spacial score (nSPS) is 22.9. The lowest BCUT2D eigenvalue weighted by Crippen LogP contribution is -2.51. The first-order chi connectivity index (χ1) is 15.7. The second-order valence-corrected chi connectivity index (χ2v) is 8.74. The van der Waals surface area contributed by atoms with Crippen LogP contribution in [0.25, 0.3) is 0 Å². The van der Waals surface area contributed by atoms with E-state index in [1.165, 1.54) is 11.0 Å². The molecule has 0 aliphatic carbocycles. The van der Waals surface area contributed by atoms with E-state index in [9.17, 15) is 23.6 Å². The molecule has 2 fully saturated rings. The largest absolute Gasteiger partial charge is 0.326 e. The van der Waals surface area contributed by atoms with E-state index in [1.807, 2.05) is 6.92 Å². The quantitative estimate of drug-likeness (QED) is 0.683. The zero-order valence-corrected chi connectivity index (χ0v) is 18.6. The highest BCUT2D eigenvalue weighted by Crippen LogP contribution is 2.36. The monoisotopic (exact) mass is 451 g/mol. The minimum absolute atomic E-state index is 0.00434. The number of rotatable bonds is 5. The van der Waals surface area contributed by atoms with Gasteiger partial charge in [-0.1, -0.05) is 25.1 Å². The Morgan fingerprint density at radius 2 is 1.91 bits per heavy atom. The number of piperidine rings is 1. The van der Waals surface area contributed by atoms with Crippen molar-refractivity contribution in [2.75, 3.05) is 16.8 Å². The average Bonchev–Trinajstić information content (AvgIpc) is 3.16. The van der Waals surface area contributed by atoms with E-state index in [0.717, 1.165) is 11.1 Å². The van der Waals surface area contributed by atoms with Crippen LogP contribution in [0, 0.1) is 18.7 Å². The maximum absolute atomic E-state index is 14.3. The molecule has 172 valence electrons. The Morgan fingerprint density at radius 1 is 1.18 bits per heavy atom. The first-order valence-corrected chi connectivity index (χ1v) is 11.1. The Bertz CT molecular complexity index is 1130. The molecular formula is C25H26FN3O4. The van der Waals surface area contributed by atoms with E-state index in [2.05, 4.69) is 10.6 Å². The molecule has 8 heteroatoms. The number of nitrogens with zero attached hydrogens (tertiary/aromatic N) is 1. The summed E-state index contributed by atoms with van der Waals surface area (Å²) in [6.07, 6.45) is 1.28. The second kappa shape index (κ2) is 8.77. The van der Waals surface area contributed by atoms with Crippen LogP contribution >= 0.6 is 0 Å². The summed E-state index contributed by atoms with van der Waals surface area (Å²) in [5, 5.41) is 5.23. The van der Waals surface area contributed by atoms with Gasteiger partial charge in [-0.3, -0.25) is 24.5 Å². The third kappa shape index (κ3) is 4.25. The van der Waals surface area contributed by atoms with Crippen LogP contribution in [0.5, 0.6) is 0 Å². The van der Waals surface area contributed by atoms with Gasteiger partial charge in [-0.05, 0) is 55.2 Å². The zero-order valence-electron chi connectivity index (χ0n) is 18.6. The third-order valence-electron chi connectivity index (χ3n) is 6.66. The SMILES string of the molecule is CCC1(c2ccc(NC(=O)C3CC(=O)N(c4ccc(C)cc4F)C3)cc2)CCC(=O)NC1=O. The first-order valence-electron chi connectivity index (χ1n) is 11.1. The molecule has 2 heterocycles. The Balaban J connectivity index is 1.44. The highest BCUT2D eigenvalue weighted by Gasteiger charge is 2.42. The number of imide groups is 1. The molecular weight excluding hydrogens is 425 g/mol. The van der Waals surface area contributed by atoms with Crippen LogP contribution in [0.2, 0.25) is 0 Å². The number of amides is 4. The van der Waals surface area contributed by atoms with Crippen molar-refractivity contribution in [2.45, 2.75) is 44.9 Å². The second-order valence-electron chi connectivity index (χ2n) is 8.74. The summed E-state index contributed by atoms with van der Waals surface area (Å²) in [4.78, 5) is 50.6. The maximum Gasteiger partial charge on any atom is 0.237 e. The first kappa shape index (κ1) is 22.6. The predicted molar refractivity (Wildman–Crippen MR) is 121 cm³/mol. The summed E-state index contributed by atoms with van der Waals surface area (Å²) in [5.74, 6) is -2.27. The van der Waals surface area contributed by atoms with Gasteiger partial charge in [0.15, 0.2) is 0 Å². The lowest BCUT2D eigenvalue weighted by atomic mass is 9.72. The molecule has 0 spiro atoms. The lowest BCUT2D eigenvalue weighted by Gasteiger charge is -2.35. The van der Waals surface area contributed by atoms with Crippen LogP contribution in [-0.2, 0) is 24.6 Å². The van der Waals surface area contributed by atoms with Crippen molar-refractivity contribution in [2.24, 2.45) is 5.92 Å². The average molecular weight is 451 g/mol. The number of aryl methyl sites for hydroxylation is 1. The molecule has 0 bridgehead atoms. The van der Waals surface area contributed by atoms with Gasteiger partial charge >= 0.3 is 0 Å². The molecule has 2 saturated heterocycles. The molecule has 2 aliphatic rings. The molecule has 2 aliphatic heterocycles. The number of hydrogen-bond donors (Lipinski definition) is 2. The van der Waals surface area contributed by atoms with Gasteiger partial charge in [0, 0.05) is 25.1 Å². The standard InChI is InChI=1S/C25H26FN3O4/c1-3-25(11-10-21(30)28-24(25)33)17-5-7-18(8-6-17)27-23(32)16-13-22(31)29(14-16)20-9-4-15(2)12-19(20)26/h4-9,12,16H,3,10-11,13-14H2,1-2H3,(H,27,32)(H,28,30,33). The molecule has 2 aromatic rings. The van der Waals surface area contributed by atoms with Gasteiger partial charge in [0.25, 0.3) is 0 Å². The Kier molecular flexibility index (Phi) is 6.01. The van der Waals surface area contributed by atoms with Gasteiger partial charge < -0.3 is 10.2 Å². The van der Waals surface area contributed by atoms with Crippen molar-refractivity contribution in [3.8, 4) is 0 Å². The Hall–Kier alpha value is -3.55. The number of anilines is 2. The van der Waals surface area contributed by atoms with Crippen molar-refractivity contribution in [1.82, 2.24) is 5.32 Å². The van der Waals surface area contributed by atoms with Crippen molar-refractivity contribution in [3.05, 3.63) is 59.4 Å². The van der Waals surface area contributed by atoms with Crippen molar-refractivity contribution < 1.29 is 23.6 Å². The van der Waals surface area contributed by atoms with Crippen LogP contribution < -0.4 is 15.5 Å². The minimum Gasteiger partial charge on any atom is -0.326 e. The van der Waals surface area contributed by atoms with Gasteiger partial charge in [0.05, 0.1) is 17.0 Å². The molecule has 0 radical (unpaired) electrons. The minimum atomic E-state index is -0.771. The zero-order chi connectivity index (χ0) is 23.8. The van der Waals surface area contributed by atoms with Crippen molar-refractivity contribution in [3.63, 3.8) is 0 Å². The maximum atomic E-state index is 14.3. The van der Waals surface area contributed by atoms with Crippen LogP contribution in [0.4, 0.5) is 15.8 Å². The van der Waals surface area contributed by atoms with Gasteiger partial charge in [0.1, 0.15) is 5.82 Å². The summed E-state index contributed by atoms with van der Waals surface area (Å²) in [7, 11) is 0. The van der Waals surface area contributed by atoms with Crippen LogP contribution in [0.1, 0.15) is 43.7 Å². The number of nitrogens with one attached hydrogen (secondary N) is 2. The molecule has 4 rings (SSSR count). The fourth-order valence-corrected chi connectivity index (χ4v) is 4.63. The number of carbonyl (C=O) groups excluding carboxylic acids is 4. The van der Waals surface area contributed by atoms with Gasteiger partial charge in [-0.2, -0.15) is 0 Å². The van der Waals surface area contributed by atoms with Crippen LogP contribution in [0.3, 0.4) is 0 Å². The lowest BCUT2D eigenvalue weighted by molar-refractivity contribution is -0.138. The molecule has 7 nitrogen and oxygen atoms in total. The molecule has 0 saturated carbocycles. The molecule has 2 unspecified atom stereocenters. The van der Waals surface area contributed by atoms with E-state index >= 15 is 0 Å². The molecule has 2 N–H and O–H groups in total. The van der Waals surface area contributed by atoms with E-state index in [1.54, 1.807) is 43.3 Å². The van der Waals surface area contributed by atoms with Crippen LogP contribution in [0.15, 0.2) is 42.5 Å². The van der Waals surface area contributed by atoms with Crippen molar-refractivity contribution >= 4 is 35.0 Å². The molecule has 2 atom stereocenters. The van der Waals surface area contributed by atoms with E-state index in [4.69, 9.17) is 0 Å². The third-order valence-corrected chi connectivity index (χ3v) is 6.66. The summed E-state index contributed by atoms with van der Waals surface area (Å²) in [5.41, 5.74) is 1.48. The highest BCUT2D eigenvalue weighted by atomic mass is 19.1. The summed E-state index contributed by atoms with van der Waals surface area (Å²) in [6, 6.07) is 11.6. The van der Waals surface area contributed by atoms with Crippen molar-refractivity contribution in [1.29, 1.82) is 0 Å². The van der Waals surface area contributed by atoms with Gasteiger partial charge in [-0.25, -0.2) is 4.39 Å². The molecule has 4 amide bonds. The number of benzene rings is 2. The van der Waals surface area contributed by atoms with Crippen LogP contribution in [-0.4, -0.2) is 30.2 Å². The van der Waals surface area contributed by atoms with E-state index in [0.29, 0.717) is 18.5 Å². The predicted octanol–water partition coefficient (Wildman–Crippen LogP) is 3.21. The highest BCUT2D eigenvalue weighted by molar-refractivity contribution is 6.04. The number of hydrogen-bond acceptors (Lipinski definition) is 4. The number of carbonyl (C=O) groups is 4. The number of halogens is 1. The van der Waals surface area contributed by atoms with Gasteiger partial charge in [0.2, 0.25) is 23.6 Å². The van der Waals surface area contributed by atoms with Gasteiger partial charge in [-0.15, -0.1) is 0 Å². The molecule has 33 heavy (non-hydrogen) atoms. The summed E-state index contributed by atoms with van der Waals surface area (Å²) < 4.78 is 14.3. The van der Waals surface area contributed by atoms with E-state index in [-0.39, 0.29) is 48.7 Å². The molecule has 0 aromatic heterocycles. The van der Waals surface area contributed by atoms with E-state index < -0.39 is 17.2 Å². The topological polar surface area (TPSA) is 95.6 Å². The fourth-order valence-electron chi connectivity index (χ4n) is 4.63. The Labute approximate surface area is 191 Å². The fraction of sp³-hybridized carbons (Fsp3) is 0.360. The summed E-state index contributed by atoms with van der Waals surface area (Å²) in [6.45, 7) is 3.78. The smallest absolute Gasteiger partial charge is 0.237 e. The molecule has 2 aromatic carbocycles. The summed E-state index contributed by atoms with van der Waals surface area (Å²) >= 11 is 0. The Morgan fingerprint density at radius 3 is 2.55 bits per heavy atom.